The van der Waals surface area contributed by atoms with E-state index in [1.807, 2.05) is 42.5 Å². The highest BCUT2D eigenvalue weighted by molar-refractivity contribution is 7.21. The minimum Gasteiger partial charge on any atom is -0.462 e. The van der Waals surface area contributed by atoms with Crippen molar-refractivity contribution in [1.29, 1.82) is 0 Å². The summed E-state index contributed by atoms with van der Waals surface area (Å²) in [5, 5.41) is 0.867. The molecule has 3 nitrogen and oxygen atoms in total. The molecule has 0 aliphatic heterocycles. The first-order valence-corrected chi connectivity index (χ1v) is 9.75. The first-order valence-electron chi connectivity index (χ1n) is 8.93. The van der Waals surface area contributed by atoms with Gasteiger partial charge in [0.15, 0.2) is 0 Å². The van der Waals surface area contributed by atoms with Crippen molar-refractivity contribution in [2.75, 3.05) is 6.61 Å². The van der Waals surface area contributed by atoms with Gasteiger partial charge in [0.2, 0.25) is 0 Å². The predicted molar refractivity (Wildman–Crippen MR) is 102 cm³/mol. The molecule has 0 spiro atoms. The number of carbonyl (C=O) groups is 1. The highest BCUT2D eigenvalue weighted by atomic mass is 32.1. The maximum Gasteiger partial charge on any atom is 0.338 e. The summed E-state index contributed by atoms with van der Waals surface area (Å²) in [6.07, 6.45) is 6.17. The lowest BCUT2D eigenvalue weighted by Crippen LogP contribution is -2.17. The number of fused-ring (bicyclic) bond motifs is 1. The molecule has 0 radical (unpaired) electrons. The number of esters is 1. The van der Waals surface area contributed by atoms with Crippen molar-refractivity contribution < 1.29 is 9.53 Å². The minimum atomic E-state index is -0.236. The SMILES string of the molecule is O=C(OCC1CCCCC1)c1ccccc1-c1nc2ccccc2s1. The maximum absolute atomic E-state index is 12.7. The second-order valence-electron chi connectivity index (χ2n) is 6.63. The van der Waals surface area contributed by atoms with Gasteiger partial charge in [-0.15, -0.1) is 11.3 Å². The normalized spacial score (nSPS) is 15.4. The molecule has 1 aliphatic carbocycles. The number of hydrogen-bond donors (Lipinski definition) is 0. The van der Waals surface area contributed by atoms with Gasteiger partial charge in [-0.2, -0.15) is 0 Å². The Balaban J connectivity index is 1.56. The third kappa shape index (κ3) is 3.59. The molecule has 3 aromatic rings. The second-order valence-corrected chi connectivity index (χ2v) is 7.67. The summed E-state index contributed by atoms with van der Waals surface area (Å²) >= 11 is 1.61. The predicted octanol–water partition coefficient (Wildman–Crippen LogP) is 5.70. The average molecular weight is 351 g/mol. The van der Waals surface area contributed by atoms with Crippen LogP contribution in [0.15, 0.2) is 48.5 Å². The molecule has 1 fully saturated rings. The van der Waals surface area contributed by atoms with Gasteiger partial charge in [-0.05, 0) is 37.0 Å². The van der Waals surface area contributed by atoms with E-state index < -0.39 is 0 Å². The van der Waals surface area contributed by atoms with Crippen LogP contribution >= 0.6 is 11.3 Å². The Labute approximate surface area is 151 Å². The summed E-state index contributed by atoms with van der Waals surface area (Å²) in [7, 11) is 0. The number of hydrogen-bond acceptors (Lipinski definition) is 4. The number of thiazole rings is 1. The molecular weight excluding hydrogens is 330 g/mol. The standard InChI is InChI=1S/C21H21NO2S/c23-21(24-14-15-8-2-1-3-9-15)17-11-5-4-10-16(17)20-22-18-12-6-7-13-19(18)25-20/h4-7,10-13,15H,1-3,8-9,14H2. The molecule has 1 saturated carbocycles. The van der Waals surface area contributed by atoms with Crippen LogP contribution < -0.4 is 0 Å². The molecule has 0 atom stereocenters. The molecule has 0 amide bonds. The Morgan fingerprint density at radius 1 is 1.04 bits per heavy atom. The lowest BCUT2D eigenvalue weighted by molar-refractivity contribution is 0.0411. The molecular formula is C21H21NO2S. The van der Waals surface area contributed by atoms with Crippen molar-refractivity contribution in [2.45, 2.75) is 32.1 Å². The van der Waals surface area contributed by atoms with Gasteiger partial charge in [-0.3, -0.25) is 0 Å². The van der Waals surface area contributed by atoms with Crippen LogP contribution in [0.2, 0.25) is 0 Å². The Kier molecular flexibility index (Phi) is 4.79. The zero-order chi connectivity index (χ0) is 17.1. The molecule has 1 aromatic heterocycles. The van der Waals surface area contributed by atoms with Gasteiger partial charge in [0, 0.05) is 5.56 Å². The van der Waals surface area contributed by atoms with Crippen molar-refractivity contribution in [3.05, 3.63) is 54.1 Å². The van der Waals surface area contributed by atoms with E-state index in [1.165, 1.54) is 32.1 Å². The Morgan fingerprint density at radius 2 is 1.80 bits per heavy atom. The summed E-state index contributed by atoms with van der Waals surface area (Å²) in [6, 6.07) is 15.7. The highest BCUT2D eigenvalue weighted by Crippen LogP contribution is 2.32. The summed E-state index contributed by atoms with van der Waals surface area (Å²) in [5.74, 6) is 0.285. The minimum absolute atomic E-state index is 0.236. The number of aromatic nitrogens is 1. The van der Waals surface area contributed by atoms with Crippen molar-refractivity contribution in [3.8, 4) is 10.6 Å². The second kappa shape index (κ2) is 7.36. The topological polar surface area (TPSA) is 39.2 Å². The number of rotatable bonds is 4. The number of ether oxygens (including phenoxy) is 1. The summed E-state index contributed by atoms with van der Waals surface area (Å²) < 4.78 is 6.77. The third-order valence-electron chi connectivity index (χ3n) is 4.85. The molecule has 1 heterocycles. The third-order valence-corrected chi connectivity index (χ3v) is 5.92. The van der Waals surface area contributed by atoms with Gasteiger partial charge in [-0.1, -0.05) is 49.6 Å². The van der Waals surface area contributed by atoms with Crippen LogP contribution in [-0.4, -0.2) is 17.6 Å². The summed E-state index contributed by atoms with van der Waals surface area (Å²) in [6.45, 7) is 0.535. The van der Waals surface area contributed by atoms with E-state index in [4.69, 9.17) is 4.74 Å². The molecule has 1 aliphatic rings. The van der Waals surface area contributed by atoms with E-state index in [0.29, 0.717) is 18.1 Å². The summed E-state index contributed by atoms with van der Waals surface area (Å²) in [5.41, 5.74) is 2.43. The van der Waals surface area contributed by atoms with Crippen molar-refractivity contribution in [1.82, 2.24) is 4.98 Å². The number of nitrogens with zero attached hydrogens (tertiary/aromatic N) is 1. The fourth-order valence-electron chi connectivity index (χ4n) is 3.46. The van der Waals surface area contributed by atoms with E-state index >= 15 is 0 Å². The number of carbonyl (C=O) groups excluding carboxylic acids is 1. The van der Waals surface area contributed by atoms with Crippen molar-refractivity contribution in [2.24, 2.45) is 5.92 Å². The van der Waals surface area contributed by atoms with Crippen LogP contribution in [0.25, 0.3) is 20.8 Å². The first kappa shape index (κ1) is 16.3. The quantitative estimate of drug-likeness (QED) is 0.566. The highest BCUT2D eigenvalue weighted by Gasteiger charge is 2.19. The molecule has 0 bridgehead atoms. The fourth-order valence-corrected chi connectivity index (χ4v) is 4.47. The van der Waals surface area contributed by atoms with Gasteiger partial charge in [-0.25, -0.2) is 9.78 Å². The molecule has 25 heavy (non-hydrogen) atoms. The lowest BCUT2D eigenvalue weighted by Gasteiger charge is -2.21. The van der Waals surface area contributed by atoms with E-state index in [-0.39, 0.29) is 5.97 Å². The van der Waals surface area contributed by atoms with Crippen LogP contribution in [0, 0.1) is 5.92 Å². The number of benzene rings is 2. The zero-order valence-electron chi connectivity index (χ0n) is 14.1. The largest absolute Gasteiger partial charge is 0.462 e. The fraction of sp³-hybridized carbons (Fsp3) is 0.333. The smallest absolute Gasteiger partial charge is 0.338 e. The lowest BCUT2D eigenvalue weighted by atomic mass is 9.90. The van der Waals surface area contributed by atoms with Crippen LogP contribution in [0.1, 0.15) is 42.5 Å². The van der Waals surface area contributed by atoms with Crippen molar-refractivity contribution >= 4 is 27.5 Å². The molecule has 0 saturated heterocycles. The van der Waals surface area contributed by atoms with Crippen molar-refractivity contribution in [3.63, 3.8) is 0 Å². The maximum atomic E-state index is 12.7. The van der Waals surface area contributed by atoms with Gasteiger partial charge < -0.3 is 4.74 Å². The Hall–Kier alpha value is -2.20. The van der Waals surface area contributed by atoms with Crippen LogP contribution in [0.5, 0.6) is 0 Å². The molecule has 0 N–H and O–H groups in total. The van der Waals surface area contributed by atoms with E-state index in [9.17, 15) is 4.79 Å². The van der Waals surface area contributed by atoms with Crippen LogP contribution in [0.3, 0.4) is 0 Å². The van der Waals surface area contributed by atoms with Gasteiger partial charge >= 0.3 is 5.97 Å². The first-order chi connectivity index (χ1) is 12.3. The number of para-hydroxylation sites is 1. The van der Waals surface area contributed by atoms with E-state index in [0.717, 1.165) is 20.8 Å². The van der Waals surface area contributed by atoms with Crippen LogP contribution in [0.4, 0.5) is 0 Å². The summed E-state index contributed by atoms with van der Waals surface area (Å²) in [4.78, 5) is 17.3. The van der Waals surface area contributed by atoms with E-state index in [1.54, 1.807) is 11.3 Å². The van der Waals surface area contributed by atoms with Gasteiger partial charge in [0.05, 0.1) is 22.4 Å². The monoisotopic (exact) mass is 351 g/mol. The zero-order valence-corrected chi connectivity index (χ0v) is 14.9. The molecule has 2 aromatic carbocycles. The average Bonchev–Trinajstić information content (AvgIpc) is 3.11. The van der Waals surface area contributed by atoms with Crippen LogP contribution in [-0.2, 0) is 4.74 Å². The molecule has 0 unspecified atom stereocenters. The van der Waals surface area contributed by atoms with E-state index in [2.05, 4.69) is 11.1 Å². The molecule has 4 heteroatoms. The molecule has 128 valence electrons. The molecule has 4 rings (SSSR count). The van der Waals surface area contributed by atoms with Gasteiger partial charge in [0.25, 0.3) is 0 Å². The Morgan fingerprint density at radius 3 is 2.64 bits per heavy atom. The van der Waals surface area contributed by atoms with Gasteiger partial charge in [0.1, 0.15) is 5.01 Å². The Bertz CT molecular complexity index is 847.